The fraction of sp³-hybridized carbons (Fsp3) is 0. The van der Waals surface area contributed by atoms with Crippen molar-refractivity contribution in [3.63, 3.8) is 0 Å². The number of hydrogen-bond donors (Lipinski definition) is 2. The van der Waals surface area contributed by atoms with E-state index >= 15 is 0 Å². The van der Waals surface area contributed by atoms with Gasteiger partial charge in [-0.15, -0.1) is 0 Å². The van der Waals surface area contributed by atoms with Crippen LogP contribution in [0.1, 0.15) is 62.1 Å². The first-order chi connectivity index (χ1) is 16.9. The number of aromatic carboxylic acids is 4. The van der Waals surface area contributed by atoms with E-state index in [1.54, 1.807) is 0 Å². The zero-order chi connectivity index (χ0) is 26.6. The Bertz CT molecular complexity index is 1250. The van der Waals surface area contributed by atoms with Crippen LogP contribution >= 0.6 is 0 Å². The number of carboxylic acid groups (broad SMARTS) is 4. The lowest BCUT2D eigenvalue weighted by molar-refractivity contribution is -0.257. The van der Waals surface area contributed by atoms with Crippen LogP contribution in [0.25, 0.3) is 0 Å². The van der Waals surface area contributed by atoms with Crippen LogP contribution in [0.5, 0.6) is 0 Å². The van der Waals surface area contributed by atoms with Gasteiger partial charge in [-0.1, -0.05) is 0 Å². The van der Waals surface area contributed by atoms with Gasteiger partial charge in [-0.25, -0.2) is 0 Å². The molecule has 0 radical (unpaired) electrons. The molecule has 2 amide bonds. The van der Waals surface area contributed by atoms with E-state index in [0.29, 0.717) is 0 Å². The average Bonchev–Trinajstić information content (AvgIpc) is 2.83. The lowest BCUT2D eigenvalue weighted by Gasteiger charge is -2.13. The lowest BCUT2D eigenvalue weighted by Crippen LogP contribution is -2.26. The van der Waals surface area contributed by atoms with Crippen LogP contribution in [0.4, 0.5) is 11.4 Å². The second kappa shape index (κ2) is 10.2. The van der Waals surface area contributed by atoms with Crippen LogP contribution in [0.2, 0.25) is 0 Å². The zero-order valence-corrected chi connectivity index (χ0v) is 17.9. The Morgan fingerprint density at radius 1 is 0.417 bits per heavy atom. The van der Waals surface area contributed by atoms with Gasteiger partial charge in [0.05, 0.1) is 23.9 Å². The van der Waals surface area contributed by atoms with E-state index in [9.17, 15) is 49.2 Å². The molecule has 0 saturated carbocycles. The van der Waals surface area contributed by atoms with E-state index in [-0.39, 0.29) is 22.5 Å². The number of carboxylic acids is 4. The van der Waals surface area contributed by atoms with Crippen LogP contribution in [0, 0.1) is 0 Å². The summed E-state index contributed by atoms with van der Waals surface area (Å²) in [5, 5.41) is 49.0. The summed E-state index contributed by atoms with van der Waals surface area (Å²) < 4.78 is 0. The van der Waals surface area contributed by atoms with E-state index in [2.05, 4.69) is 10.6 Å². The Labute approximate surface area is 201 Å². The van der Waals surface area contributed by atoms with Crippen molar-refractivity contribution in [3.8, 4) is 0 Å². The van der Waals surface area contributed by atoms with Gasteiger partial charge in [0.1, 0.15) is 0 Å². The summed E-state index contributed by atoms with van der Waals surface area (Å²) in [6.07, 6.45) is 0. The van der Waals surface area contributed by atoms with E-state index in [0.717, 1.165) is 36.4 Å². The third-order valence-corrected chi connectivity index (χ3v) is 4.73. The molecular weight excluding hydrogens is 476 g/mol. The normalized spacial score (nSPS) is 10.2. The largest absolute Gasteiger partial charge is 0.545 e. The van der Waals surface area contributed by atoms with Gasteiger partial charge in [0.25, 0.3) is 11.8 Å². The topological polar surface area (TPSA) is 219 Å². The van der Waals surface area contributed by atoms with Crippen LogP contribution in [-0.4, -0.2) is 35.7 Å². The van der Waals surface area contributed by atoms with Gasteiger partial charge in [-0.2, -0.15) is 0 Å². The zero-order valence-electron chi connectivity index (χ0n) is 17.9. The van der Waals surface area contributed by atoms with Gasteiger partial charge in [0.15, 0.2) is 0 Å². The number of nitrogens with one attached hydrogen (secondary N) is 2. The molecular formula is C24H12N2O10-4. The maximum Gasteiger partial charge on any atom is 0.255 e. The number of carbonyl (C=O) groups excluding carboxylic acids is 6. The summed E-state index contributed by atoms with van der Waals surface area (Å²) in [5.41, 5.74) is -2.27. The molecule has 0 aliphatic carbocycles. The summed E-state index contributed by atoms with van der Waals surface area (Å²) in [6.45, 7) is 0. The predicted octanol–water partition coefficient (Wildman–Crippen LogP) is -2.35. The molecule has 0 fully saturated rings. The molecule has 0 saturated heterocycles. The molecule has 0 aliphatic heterocycles. The molecule has 0 heterocycles. The molecule has 2 N–H and O–H groups in total. The van der Waals surface area contributed by atoms with Gasteiger partial charge in [0, 0.05) is 22.5 Å². The van der Waals surface area contributed by atoms with Crippen molar-refractivity contribution in [1.82, 2.24) is 0 Å². The second-order valence-electron chi connectivity index (χ2n) is 7.23. The molecule has 0 unspecified atom stereocenters. The number of rotatable bonds is 8. The molecule has 0 aromatic heterocycles. The molecule has 0 spiro atoms. The highest BCUT2D eigenvalue weighted by molar-refractivity contribution is 6.08. The first-order valence-corrected chi connectivity index (χ1v) is 9.83. The summed E-state index contributed by atoms with van der Waals surface area (Å²) in [7, 11) is 0. The van der Waals surface area contributed by atoms with Crippen molar-refractivity contribution in [3.05, 3.63) is 94.0 Å². The second-order valence-corrected chi connectivity index (χ2v) is 7.23. The maximum absolute atomic E-state index is 12.5. The minimum atomic E-state index is -1.67. The van der Waals surface area contributed by atoms with Crippen molar-refractivity contribution in [2.24, 2.45) is 0 Å². The van der Waals surface area contributed by atoms with E-state index in [1.807, 2.05) is 0 Å². The lowest BCUT2D eigenvalue weighted by atomic mass is 10.1. The molecule has 12 heteroatoms. The van der Waals surface area contributed by atoms with Crippen LogP contribution in [0.3, 0.4) is 0 Å². The molecule has 36 heavy (non-hydrogen) atoms. The van der Waals surface area contributed by atoms with E-state index in [1.165, 1.54) is 24.3 Å². The Hall–Kier alpha value is -5.52. The van der Waals surface area contributed by atoms with Crippen LogP contribution < -0.4 is 31.1 Å². The minimum absolute atomic E-state index is 0.0126. The molecule has 182 valence electrons. The highest BCUT2D eigenvalue weighted by atomic mass is 16.4. The van der Waals surface area contributed by atoms with Crippen molar-refractivity contribution in [2.45, 2.75) is 0 Å². The molecule has 3 rings (SSSR count). The Morgan fingerprint density at radius 2 is 0.667 bits per heavy atom. The Balaban J connectivity index is 1.77. The molecule has 0 aliphatic rings. The van der Waals surface area contributed by atoms with Gasteiger partial charge in [-0.05, 0) is 82.9 Å². The Morgan fingerprint density at radius 3 is 0.889 bits per heavy atom. The van der Waals surface area contributed by atoms with Crippen molar-refractivity contribution in [1.29, 1.82) is 0 Å². The fourth-order valence-corrected chi connectivity index (χ4v) is 3.05. The SMILES string of the molecule is O=C([O-])c1cc(NC(=O)c2ccc(C(=O)Nc3cc(C(=O)[O-])cc(C(=O)[O-])c3)cc2)cc(C(=O)[O-])c1. The quantitative estimate of drug-likeness (QED) is 0.343. The van der Waals surface area contributed by atoms with Gasteiger partial charge >= 0.3 is 0 Å². The van der Waals surface area contributed by atoms with E-state index in [4.69, 9.17) is 0 Å². The monoisotopic (exact) mass is 488 g/mol. The highest BCUT2D eigenvalue weighted by Crippen LogP contribution is 2.18. The average molecular weight is 488 g/mol. The number of amides is 2. The Kier molecular flexibility index (Phi) is 7.10. The van der Waals surface area contributed by atoms with Gasteiger partial charge in [0.2, 0.25) is 0 Å². The molecule has 12 nitrogen and oxygen atoms in total. The number of carbonyl (C=O) groups is 6. The van der Waals surface area contributed by atoms with Gasteiger partial charge < -0.3 is 50.2 Å². The smallest absolute Gasteiger partial charge is 0.255 e. The summed E-state index contributed by atoms with van der Waals surface area (Å²) in [6, 6.07) is 10.5. The first-order valence-electron chi connectivity index (χ1n) is 9.83. The van der Waals surface area contributed by atoms with Crippen molar-refractivity contribution < 1.29 is 49.2 Å². The predicted molar refractivity (Wildman–Crippen MR) is 113 cm³/mol. The molecule has 0 bridgehead atoms. The summed E-state index contributed by atoms with van der Waals surface area (Å²) >= 11 is 0. The third-order valence-electron chi connectivity index (χ3n) is 4.73. The first kappa shape index (κ1) is 25.1. The van der Waals surface area contributed by atoms with Crippen LogP contribution in [-0.2, 0) is 0 Å². The number of anilines is 2. The maximum atomic E-state index is 12.5. The summed E-state index contributed by atoms with van der Waals surface area (Å²) in [4.78, 5) is 69.3. The van der Waals surface area contributed by atoms with E-state index < -0.39 is 57.9 Å². The molecule has 0 atom stereocenters. The van der Waals surface area contributed by atoms with Gasteiger partial charge in [-0.3, -0.25) is 9.59 Å². The highest BCUT2D eigenvalue weighted by Gasteiger charge is 2.12. The molecule has 3 aromatic carbocycles. The fourth-order valence-electron chi connectivity index (χ4n) is 3.05. The number of benzene rings is 3. The molecule has 3 aromatic rings. The van der Waals surface area contributed by atoms with Crippen molar-refractivity contribution >= 4 is 47.1 Å². The van der Waals surface area contributed by atoms with Crippen molar-refractivity contribution in [2.75, 3.05) is 10.6 Å². The minimum Gasteiger partial charge on any atom is -0.545 e. The summed E-state index contributed by atoms with van der Waals surface area (Å²) in [5.74, 6) is -8.19. The standard InChI is InChI=1S/C24H16N2O10/c27-19(25-17-7-13(21(29)30)5-14(8-17)22(31)32)11-1-2-12(4-3-11)20(28)26-18-9-15(23(33)34)6-16(10-18)24(35)36/h1-10H,(H,25,27)(H,26,28)(H,29,30)(H,31,32)(H,33,34)(H,35,36)/p-4. The third kappa shape index (κ3) is 5.88. The van der Waals surface area contributed by atoms with Crippen LogP contribution in [0.15, 0.2) is 60.7 Å². The number of hydrogen-bond acceptors (Lipinski definition) is 10.